The van der Waals surface area contributed by atoms with Crippen molar-refractivity contribution in [2.24, 2.45) is 0 Å². The number of carbonyl (C=O) groups is 2. The number of halogens is 1. The molecule has 1 amide bonds. The molecule has 30 heavy (non-hydrogen) atoms. The van der Waals surface area contributed by atoms with Gasteiger partial charge in [-0.2, -0.15) is 0 Å². The summed E-state index contributed by atoms with van der Waals surface area (Å²) in [4.78, 5) is 27.1. The third-order valence-corrected chi connectivity index (χ3v) is 5.53. The molecule has 0 spiro atoms. The Bertz CT molecular complexity index is 995. The summed E-state index contributed by atoms with van der Waals surface area (Å²) in [5, 5.41) is 11.0. The van der Waals surface area contributed by atoms with Crippen LogP contribution in [0.2, 0.25) is 0 Å². The van der Waals surface area contributed by atoms with E-state index < -0.39 is 23.5 Å². The van der Waals surface area contributed by atoms with E-state index in [1.165, 1.54) is 30.2 Å². The van der Waals surface area contributed by atoms with E-state index in [0.29, 0.717) is 17.9 Å². The van der Waals surface area contributed by atoms with E-state index in [9.17, 15) is 19.1 Å². The van der Waals surface area contributed by atoms with Gasteiger partial charge in [0.15, 0.2) is 0 Å². The Morgan fingerprint density at radius 2 is 1.93 bits per heavy atom. The number of benzene rings is 2. The van der Waals surface area contributed by atoms with Crippen LogP contribution in [0.3, 0.4) is 0 Å². The Morgan fingerprint density at radius 1 is 1.20 bits per heavy atom. The number of likely N-dealkylation sites (tertiary alicyclic amines) is 1. The fourth-order valence-corrected chi connectivity index (χ4v) is 4.00. The lowest BCUT2D eigenvalue weighted by atomic mass is 9.94. The molecule has 0 aromatic heterocycles. The van der Waals surface area contributed by atoms with Crippen molar-refractivity contribution in [3.63, 3.8) is 0 Å². The molecule has 2 aromatic rings. The van der Waals surface area contributed by atoms with Crippen molar-refractivity contribution in [3.05, 3.63) is 71.0 Å². The molecule has 2 fully saturated rings. The molecule has 0 bridgehead atoms. The first-order valence-corrected chi connectivity index (χ1v) is 9.80. The minimum absolute atomic E-state index is 0.131. The standard InChI is InChI=1S/C23H22FNO5/c1-29-15-10-8-14(9-11-15)21(26)19-20(17-6-2-3-7-18(17)24)25(23(28)22(19)27)13-16-5-4-12-30-16/h2-3,6-11,16,20,26H,4-5,12-13H2,1H3/t16-,20-/m0/s1. The maximum atomic E-state index is 14.7. The normalized spacial score (nSPS) is 23.2. The Hall–Kier alpha value is -3.19. The second-order valence-corrected chi connectivity index (χ2v) is 7.34. The lowest BCUT2D eigenvalue weighted by molar-refractivity contribution is -0.140. The highest BCUT2D eigenvalue weighted by atomic mass is 19.1. The lowest BCUT2D eigenvalue weighted by Crippen LogP contribution is -2.36. The van der Waals surface area contributed by atoms with E-state index in [1.54, 1.807) is 30.3 Å². The number of aliphatic hydroxyl groups excluding tert-OH is 1. The molecule has 2 saturated heterocycles. The third-order valence-electron chi connectivity index (χ3n) is 5.53. The third kappa shape index (κ3) is 3.57. The number of methoxy groups -OCH3 is 1. The first-order valence-electron chi connectivity index (χ1n) is 9.80. The zero-order valence-corrected chi connectivity index (χ0v) is 16.5. The van der Waals surface area contributed by atoms with Crippen LogP contribution in [0.1, 0.15) is 30.0 Å². The molecule has 2 heterocycles. The van der Waals surface area contributed by atoms with Gasteiger partial charge in [-0.3, -0.25) is 9.59 Å². The highest BCUT2D eigenvalue weighted by Gasteiger charge is 2.47. The Kier molecular flexibility index (Phi) is 5.55. The maximum absolute atomic E-state index is 14.7. The predicted octanol–water partition coefficient (Wildman–Crippen LogP) is 3.44. The number of amides is 1. The molecular formula is C23H22FNO5. The lowest BCUT2D eigenvalue weighted by Gasteiger charge is -2.27. The average molecular weight is 411 g/mol. The van der Waals surface area contributed by atoms with Crippen LogP contribution in [0, 0.1) is 5.82 Å². The smallest absolute Gasteiger partial charge is 0.295 e. The van der Waals surface area contributed by atoms with Crippen LogP contribution >= 0.6 is 0 Å². The van der Waals surface area contributed by atoms with Crippen molar-refractivity contribution in [2.75, 3.05) is 20.3 Å². The van der Waals surface area contributed by atoms with Gasteiger partial charge in [0.1, 0.15) is 17.3 Å². The van der Waals surface area contributed by atoms with E-state index in [0.717, 1.165) is 12.8 Å². The summed E-state index contributed by atoms with van der Waals surface area (Å²) < 4.78 is 25.5. The van der Waals surface area contributed by atoms with Crippen LogP contribution in [-0.2, 0) is 14.3 Å². The number of Topliss-reactive ketones (excluding diaryl/α,β-unsaturated/α-hetero) is 1. The number of ether oxygens (including phenoxy) is 2. The molecule has 2 aliphatic heterocycles. The fraction of sp³-hybridized carbons (Fsp3) is 0.304. The van der Waals surface area contributed by atoms with Gasteiger partial charge in [0.2, 0.25) is 0 Å². The number of nitrogens with zero attached hydrogens (tertiary/aromatic N) is 1. The van der Waals surface area contributed by atoms with Crippen molar-refractivity contribution in [3.8, 4) is 5.75 Å². The first-order chi connectivity index (χ1) is 14.5. The quantitative estimate of drug-likeness (QED) is 0.463. The van der Waals surface area contributed by atoms with Gasteiger partial charge in [0.05, 0.1) is 24.8 Å². The Labute approximate surface area is 173 Å². The molecule has 2 atom stereocenters. The topological polar surface area (TPSA) is 76.1 Å². The number of rotatable bonds is 5. The highest BCUT2D eigenvalue weighted by Crippen LogP contribution is 2.41. The minimum Gasteiger partial charge on any atom is -0.507 e. The SMILES string of the molecule is COc1ccc(C(O)=C2C(=O)C(=O)N(C[C@@H]3CCCO3)[C@H]2c2ccccc2F)cc1. The number of carbonyl (C=O) groups excluding carboxylic acids is 2. The summed E-state index contributed by atoms with van der Waals surface area (Å²) in [6.07, 6.45) is 1.40. The summed E-state index contributed by atoms with van der Waals surface area (Å²) in [7, 11) is 1.52. The summed E-state index contributed by atoms with van der Waals surface area (Å²) in [6.45, 7) is 0.744. The fourth-order valence-electron chi connectivity index (χ4n) is 4.00. The molecule has 0 aliphatic carbocycles. The molecule has 156 valence electrons. The zero-order chi connectivity index (χ0) is 21.3. The van der Waals surface area contributed by atoms with Gasteiger partial charge in [0.25, 0.3) is 11.7 Å². The zero-order valence-electron chi connectivity index (χ0n) is 16.5. The summed E-state index contributed by atoms with van der Waals surface area (Å²) in [5.74, 6) is -1.93. The van der Waals surface area contributed by atoms with Gasteiger partial charge in [-0.15, -0.1) is 0 Å². The molecule has 4 rings (SSSR count). The van der Waals surface area contributed by atoms with Gasteiger partial charge >= 0.3 is 0 Å². The van der Waals surface area contributed by atoms with Crippen molar-refractivity contribution < 1.29 is 28.6 Å². The number of ketones is 1. The Morgan fingerprint density at radius 3 is 2.57 bits per heavy atom. The van der Waals surface area contributed by atoms with Gasteiger partial charge in [-0.05, 0) is 43.2 Å². The van der Waals surface area contributed by atoms with E-state index in [2.05, 4.69) is 0 Å². The molecule has 2 aliphatic rings. The van der Waals surface area contributed by atoms with Gasteiger partial charge < -0.3 is 19.5 Å². The van der Waals surface area contributed by atoms with Crippen LogP contribution in [0.25, 0.3) is 5.76 Å². The van der Waals surface area contributed by atoms with Crippen molar-refractivity contribution in [1.82, 2.24) is 4.90 Å². The summed E-state index contributed by atoms with van der Waals surface area (Å²) in [5.41, 5.74) is 0.366. The van der Waals surface area contributed by atoms with Crippen LogP contribution in [0.15, 0.2) is 54.1 Å². The maximum Gasteiger partial charge on any atom is 0.295 e. The molecule has 0 radical (unpaired) electrons. The number of aliphatic hydroxyl groups is 1. The molecule has 0 saturated carbocycles. The monoisotopic (exact) mass is 411 g/mol. The molecule has 7 heteroatoms. The van der Waals surface area contributed by atoms with Gasteiger partial charge in [-0.25, -0.2) is 4.39 Å². The average Bonchev–Trinajstić information content (AvgIpc) is 3.36. The van der Waals surface area contributed by atoms with Crippen molar-refractivity contribution in [1.29, 1.82) is 0 Å². The second kappa shape index (κ2) is 8.28. The van der Waals surface area contributed by atoms with Gasteiger partial charge in [0, 0.05) is 24.3 Å². The van der Waals surface area contributed by atoms with Crippen LogP contribution in [0.5, 0.6) is 5.75 Å². The predicted molar refractivity (Wildman–Crippen MR) is 107 cm³/mol. The number of hydrogen-bond donors (Lipinski definition) is 1. The first kappa shape index (κ1) is 20.1. The molecular weight excluding hydrogens is 389 g/mol. The van der Waals surface area contributed by atoms with Crippen LogP contribution in [-0.4, -0.2) is 48.1 Å². The highest BCUT2D eigenvalue weighted by molar-refractivity contribution is 6.46. The molecule has 1 N–H and O–H groups in total. The second-order valence-electron chi connectivity index (χ2n) is 7.34. The van der Waals surface area contributed by atoms with Gasteiger partial charge in [-0.1, -0.05) is 18.2 Å². The molecule has 2 aromatic carbocycles. The largest absolute Gasteiger partial charge is 0.507 e. The summed E-state index contributed by atoms with van der Waals surface area (Å²) in [6, 6.07) is 11.4. The van der Waals surface area contributed by atoms with Crippen molar-refractivity contribution >= 4 is 17.4 Å². The molecule has 6 nitrogen and oxygen atoms in total. The van der Waals surface area contributed by atoms with E-state index in [1.807, 2.05) is 0 Å². The van der Waals surface area contributed by atoms with E-state index in [-0.39, 0.29) is 29.5 Å². The van der Waals surface area contributed by atoms with Crippen LogP contribution < -0.4 is 4.74 Å². The van der Waals surface area contributed by atoms with E-state index >= 15 is 0 Å². The Balaban J connectivity index is 1.82. The minimum atomic E-state index is -1.03. The van der Waals surface area contributed by atoms with E-state index in [4.69, 9.17) is 9.47 Å². The van der Waals surface area contributed by atoms with Crippen molar-refractivity contribution in [2.45, 2.75) is 25.0 Å². The molecule has 0 unspecified atom stereocenters. The number of hydrogen-bond acceptors (Lipinski definition) is 5. The summed E-state index contributed by atoms with van der Waals surface area (Å²) >= 11 is 0. The van der Waals surface area contributed by atoms with Crippen LogP contribution in [0.4, 0.5) is 4.39 Å².